The third-order valence-electron chi connectivity index (χ3n) is 4.30. The smallest absolute Gasteiger partial charge is 0.227 e. The highest BCUT2D eigenvalue weighted by Gasteiger charge is 2.20. The maximum atomic E-state index is 4.86. The van der Waals surface area contributed by atoms with Gasteiger partial charge in [0.1, 0.15) is 5.82 Å². The first-order valence-electron chi connectivity index (χ1n) is 7.71. The minimum Gasteiger partial charge on any atom is -0.373 e. The Kier molecular flexibility index (Phi) is 3.85. The number of aryl methyl sites for hydroxylation is 1. The maximum absolute atomic E-state index is 4.86. The lowest BCUT2D eigenvalue weighted by Crippen LogP contribution is -2.27. The van der Waals surface area contributed by atoms with Gasteiger partial charge in [-0.05, 0) is 38.5 Å². The molecule has 1 fully saturated rings. The molecule has 19 heavy (non-hydrogen) atoms. The molecular weight excluding hydrogens is 236 g/mol. The number of rotatable bonds is 2. The van der Waals surface area contributed by atoms with Crippen LogP contribution in [0.15, 0.2) is 0 Å². The molecule has 1 aliphatic heterocycles. The number of nitrogens with one attached hydrogen (secondary N) is 1. The highest BCUT2D eigenvalue weighted by atomic mass is 15.3. The Morgan fingerprint density at radius 3 is 2.37 bits per heavy atom. The predicted octanol–water partition coefficient (Wildman–Crippen LogP) is 2.78. The topological polar surface area (TPSA) is 41.1 Å². The van der Waals surface area contributed by atoms with Gasteiger partial charge in [0, 0.05) is 25.7 Å². The van der Waals surface area contributed by atoms with Crippen molar-refractivity contribution >= 4 is 11.8 Å². The number of hydrogen-bond acceptors (Lipinski definition) is 4. The normalized spacial score (nSPS) is 19.7. The monoisotopic (exact) mass is 260 g/mol. The van der Waals surface area contributed by atoms with Crippen molar-refractivity contribution < 1.29 is 0 Å². The maximum Gasteiger partial charge on any atom is 0.227 e. The second-order valence-corrected chi connectivity index (χ2v) is 5.66. The first-order chi connectivity index (χ1) is 9.38. The van der Waals surface area contributed by atoms with Crippen LogP contribution in [0.1, 0.15) is 49.8 Å². The Bertz CT molecular complexity index is 419. The predicted molar refractivity (Wildman–Crippen MR) is 78.9 cm³/mol. The first kappa shape index (κ1) is 12.7. The summed E-state index contributed by atoms with van der Waals surface area (Å²) in [4.78, 5) is 12.0. The zero-order valence-electron chi connectivity index (χ0n) is 11.9. The van der Waals surface area contributed by atoms with Crippen molar-refractivity contribution in [2.45, 2.75) is 51.4 Å². The van der Waals surface area contributed by atoms with Crippen LogP contribution in [0.5, 0.6) is 0 Å². The summed E-state index contributed by atoms with van der Waals surface area (Å²) in [5.74, 6) is 2.01. The summed E-state index contributed by atoms with van der Waals surface area (Å²) in [6.07, 6.45) is 10.0. The van der Waals surface area contributed by atoms with Gasteiger partial charge in [0.05, 0.1) is 5.69 Å². The van der Waals surface area contributed by atoms with Crippen LogP contribution in [0.2, 0.25) is 0 Å². The van der Waals surface area contributed by atoms with Crippen LogP contribution in [-0.2, 0) is 12.8 Å². The van der Waals surface area contributed by atoms with Crippen LogP contribution in [-0.4, -0.2) is 30.1 Å². The fourth-order valence-electron chi connectivity index (χ4n) is 3.20. The Morgan fingerprint density at radius 1 is 0.895 bits per heavy atom. The lowest BCUT2D eigenvalue weighted by Gasteiger charge is -2.24. The highest BCUT2D eigenvalue weighted by molar-refractivity contribution is 5.52. The molecule has 0 saturated carbocycles. The van der Waals surface area contributed by atoms with Crippen molar-refractivity contribution in [3.05, 3.63) is 11.3 Å². The molecule has 0 atom stereocenters. The van der Waals surface area contributed by atoms with Gasteiger partial charge in [-0.2, -0.15) is 4.98 Å². The minimum atomic E-state index is 0.951. The van der Waals surface area contributed by atoms with Crippen LogP contribution in [0, 0.1) is 0 Å². The Hall–Kier alpha value is -1.32. The Morgan fingerprint density at radius 2 is 1.63 bits per heavy atom. The minimum absolute atomic E-state index is 0.951. The van der Waals surface area contributed by atoms with Crippen molar-refractivity contribution in [3.8, 4) is 0 Å². The number of nitrogens with zero attached hydrogens (tertiary/aromatic N) is 3. The van der Waals surface area contributed by atoms with Gasteiger partial charge in [-0.25, -0.2) is 4.98 Å². The molecule has 0 unspecified atom stereocenters. The van der Waals surface area contributed by atoms with E-state index in [0.29, 0.717) is 0 Å². The van der Waals surface area contributed by atoms with E-state index >= 15 is 0 Å². The summed E-state index contributed by atoms with van der Waals surface area (Å²) >= 11 is 0. The van der Waals surface area contributed by atoms with E-state index in [2.05, 4.69) is 10.2 Å². The van der Waals surface area contributed by atoms with E-state index in [1.165, 1.54) is 49.8 Å². The third kappa shape index (κ3) is 2.67. The van der Waals surface area contributed by atoms with Gasteiger partial charge < -0.3 is 10.2 Å². The SMILES string of the molecule is CNc1nc(N2CCCCCC2)nc2c1CCCC2. The lowest BCUT2D eigenvalue weighted by atomic mass is 9.96. The van der Waals surface area contributed by atoms with Crippen molar-refractivity contribution in [1.82, 2.24) is 9.97 Å². The van der Waals surface area contributed by atoms with Gasteiger partial charge >= 0.3 is 0 Å². The van der Waals surface area contributed by atoms with Gasteiger partial charge in [0.25, 0.3) is 0 Å². The first-order valence-corrected chi connectivity index (χ1v) is 7.71. The number of hydrogen-bond donors (Lipinski definition) is 1. The molecule has 1 N–H and O–H groups in total. The number of aromatic nitrogens is 2. The number of anilines is 2. The summed E-state index contributed by atoms with van der Waals surface area (Å²) < 4.78 is 0. The van der Waals surface area contributed by atoms with Gasteiger partial charge in [0.2, 0.25) is 5.95 Å². The highest BCUT2D eigenvalue weighted by Crippen LogP contribution is 2.28. The van der Waals surface area contributed by atoms with E-state index in [4.69, 9.17) is 9.97 Å². The molecule has 3 rings (SSSR count). The fraction of sp³-hybridized carbons (Fsp3) is 0.733. The van der Waals surface area contributed by atoms with Gasteiger partial charge in [-0.15, -0.1) is 0 Å². The summed E-state index contributed by atoms with van der Waals surface area (Å²) in [6.45, 7) is 2.23. The van der Waals surface area contributed by atoms with Crippen LogP contribution < -0.4 is 10.2 Å². The van der Waals surface area contributed by atoms with E-state index in [-0.39, 0.29) is 0 Å². The average molecular weight is 260 g/mol. The molecular formula is C15H24N4. The molecule has 0 aromatic carbocycles. The van der Waals surface area contributed by atoms with E-state index in [0.717, 1.165) is 37.7 Å². The molecule has 0 radical (unpaired) electrons. The third-order valence-corrected chi connectivity index (χ3v) is 4.30. The van der Waals surface area contributed by atoms with Crippen LogP contribution in [0.4, 0.5) is 11.8 Å². The fourth-order valence-corrected chi connectivity index (χ4v) is 3.20. The molecule has 0 spiro atoms. The van der Waals surface area contributed by atoms with Crippen LogP contribution in [0.25, 0.3) is 0 Å². The molecule has 1 aliphatic carbocycles. The molecule has 0 bridgehead atoms. The zero-order valence-corrected chi connectivity index (χ0v) is 11.9. The molecule has 2 aliphatic rings. The molecule has 4 nitrogen and oxygen atoms in total. The Labute approximate surface area is 115 Å². The Balaban J connectivity index is 1.92. The summed E-state index contributed by atoms with van der Waals surface area (Å²) in [5.41, 5.74) is 2.64. The lowest BCUT2D eigenvalue weighted by molar-refractivity contribution is 0.657. The van der Waals surface area contributed by atoms with Crippen molar-refractivity contribution in [1.29, 1.82) is 0 Å². The van der Waals surface area contributed by atoms with Crippen molar-refractivity contribution in [2.75, 3.05) is 30.4 Å². The van der Waals surface area contributed by atoms with Crippen LogP contribution >= 0.6 is 0 Å². The molecule has 1 aromatic heterocycles. The summed E-state index contributed by atoms with van der Waals surface area (Å²) in [7, 11) is 1.98. The molecule has 0 amide bonds. The van der Waals surface area contributed by atoms with Gasteiger partial charge in [-0.1, -0.05) is 12.8 Å². The quantitative estimate of drug-likeness (QED) is 0.887. The zero-order chi connectivity index (χ0) is 13.1. The van der Waals surface area contributed by atoms with Gasteiger partial charge in [0.15, 0.2) is 0 Å². The summed E-state index contributed by atoms with van der Waals surface area (Å²) in [6, 6.07) is 0. The van der Waals surface area contributed by atoms with E-state index in [1.807, 2.05) is 7.05 Å². The van der Waals surface area contributed by atoms with Crippen LogP contribution in [0.3, 0.4) is 0 Å². The van der Waals surface area contributed by atoms with Crippen molar-refractivity contribution in [2.24, 2.45) is 0 Å². The van der Waals surface area contributed by atoms with E-state index < -0.39 is 0 Å². The average Bonchev–Trinajstić information content (AvgIpc) is 2.75. The second-order valence-electron chi connectivity index (χ2n) is 5.66. The molecule has 104 valence electrons. The standard InChI is InChI=1S/C15H24N4/c1-16-14-12-8-4-5-9-13(12)17-15(18-14)19-10-6-2-3-7-11-19/h2-11H2,1H3,(H,16,17,18). The second kappa shape index (κ2) is 5.76. The molecule has 4 heteroatoms. The summed E-state index contributed by atoms with van der Waals surface area (Å²) in [5, 5.41) is 3.27. The van der Waals surface area contributed by atoms with E-state index in [9.17, 15) is 0 Å². The molecule has 1 aromatic rings. The largest absolute Gasteiger partial charge is 0.373 e. The van der Waals surface area contributed by atoms with E-state index in [1.54, 1.807) is 0 Å². The molecule has 1 saturated heterocycles. The molecule has 2 heterocycles. The number of fused-ring (bicyclic) bond motifs is 1. The van der Waals surface area contributed by atoms with Gasteiger partial charge in [-0.3, -0.25) is 0 Å². The van der Waals surface area contributed by atoms with Crippen molar-refractivity contribution in [3.63, 3.8) is 0 Å².